The zero-order valence-corrected chi connectivity index (χ0v) is 14.4. The Balaban J connectivity index is 1.41. The number of furan rings is 1. The molecular formula is C23H16O4. The zero-order chi connectivity index (χ0) is 18.6. The van der Waals surface area contributed by atoms with Crippen LogP contribution in [0.3, 0.4) is 0 Å². The van der Waals surface area contributed by atoms with Gasteiger partial charge < -0.3 is 9.15 Å². The number of Topliss-reactive ketones (excluding diaryl/α,β-unsaturated/α-hetero) is 1. The normalized spacial score (nSPS) is 10.7. The van der Waals surface area contributed by atoms with Crippen molar-refractivity contribution in [1.82, 2.24) is 0 Å². The highest BCUT2D eigenvalue weighted by molar-refractivity contribution is 6.00. The topological polar surface area (TPSA) is 56.5 Å². The standard InChI is InChI=1S/C23H16O4/c24-20(22-14-19-8-4-5-9-21(19)27-22)15-26-23(25)18-12-10-17(11-13-18)16-6-2-1-3-7-16/h1-14H,15H2. The van der Waals surface area contributed by atoms with E-state index in [0.717, 1.165) is 16.5 Å². The second kappa shape index (κ2) is 7.30. The highest BCUT2D eigenvalue weighted by Gasteiger charge is 2.15. The van der Waals surface area contributed by atoms with Crippen LogP contribution >= 0.6 is 0 Å². The van der Waals surface area contributed by atoms with Crippen LogP contribution in [0.5, 0.6) is 0 Å². The van der Waals surface area contributed by atoms with Gasteiger partial charge in [0.25, 0.3) is 0 Å². The molecule has 3 aromatic carbocycles. The maximum atomic E-state index is 12.2. The van der Waals surface area contributed by atoms with Crippen molar-refractivity contribution >= 4 is 22.7 Å². The number of benzene rings is 3. The van der Waals surface area contributed by atoms with Crippen LogP contribution in [0.2, 0.25) is 0 Å². The van der Waals surface area contributed by atoms with E-state index in [4.69, 9.17) is 9.15 Å². The van der Waals surface area contributed by atoms with Gasteiger partial charge in [0, 0.05) is 5.39 Å². The zero-order valence-electron chi connectivity index (χ0n) is 14.4. The number of carbonyl (C=O) groups excluding carboxylic acids is 2. The van der Waals surface area contributed by atoms with E-state index in [1.807, 2.05) is 60.7 Å². The highest BCUT2D eigenvalue weighted by atomic mass is 16.5. The average molecular weight is 356 g/mol. The number of ketones is 1. The second-order valence-electron chi connectivity index (χ2n) is 6.09. The smallest absolute Gasteiger partial charge is 0.338 e. The fourth-order valence-electron chi connectivity index (χ4n) is 2.83. The summed E-state index contributed by atoms with van der Waals surface area (Å²) in [6.07, 6.45) is 0. The first-order chi connectivity index (χ1) is 13.2. The van der Waals surface area contributed by atoms with Gasteiger partial charge in [-0.05, 0) is 35.4 Å². The van der Waals surface area contributed by atoms with Gasteiger partial charge >= 0.3 is 5.97 Å². The van der Waals surface area contributed by atoms with Crippen molar-refractivity contribution in [3.63, 3.8) is 0 Å². The Morgan fingerprint density at radius 1 is 0.778 bits per heavy atom. The summed E-state index contributed by atoms with van der Waals surface area (Å²) in [7, 11) is 0. The Morgan fingerprint density at radius 2 is 1.44 bits per heavy atom. The molecule has 1 aromatic heterocycles. The minimum atomic E-state index is -0.543. The fraction of sp³-hybridized carbons (Fsp3) is 0.0435. The molecule has 0 atom stereocenters. The number of ether oxygens (including phenoxy) is 1. The van der Waals surface area contributed by atoms with Crippen molar-refractivity contribution in [3.05, 3.63) is 96.3 Å². The molecule has 0 bridgehead atoms. The number of rotatable bonds is 5. The molecule has 4 nitrogen and oxygen atoms in total. The van der Waals surface area contributed by atoms with Crippen molar-refractivity contribution in [2.24, 2.45) is 0 Å². The van der Waals surface area contributed by atoms with Crippen molar-refractivity contribution in [2.75, 3.05) is 6.61 Å². The lowest BCUT2D eigenvalue weighted by molar-refractivity contribution is 0.0468. The van der Waals surface area contributed by atoms with Gasteiger partial charge in [-0.25, -0.2) is 4.79 Å². The van der Waals surface area contributed by atoms with Gasteiger partial charge in [0.05, 0.1) is 5.56 Å². The first-order valence-electron chi connectivity index (χ1n) is 8.55. The molecule has 0 fully saturated rings. The maximum absolute atomic E-state index is 12.2. The molecule has 0 aliphatic carbocycles. The molecule has 1 heterocycles. The molecule has 0 radical (unpaired) electrons. The van der Waals surface area contributed by atoms with Gasteiger partial charge in [-0.3, -0.25) is 4.79 Å². The van der Waals surface area contributed by atoms with Gasteiger partial charge in [-0.2, -0.15) is 0 Å². The number of carbonyl (C=O) groups is 2. The highest BCUT2D eigenvalue weighted by Crippen LogP contribution is 2.21. The van der Waals surface area contributed by atoms with Crippen LogP contribution in [-0.4, -0.2) is 18.4 Å². The summed E-state index contributed by atoms with van der Waals surface area (Å²) in [4.78, 5) is 24.4. The lowest BCUT2D eigenvalue weighted by Gasteiger charge is -2.05. The maximum Gasteiger partial charge on any atom is 0.338 e. The first-order valence-corrected chi connectivity index (χ1v) is 8.55. The molecule has 0 saturated heterocycles. The second-order valence-corrected chi connectivity index (χ2v) is 6.09. The Morgan fingerprint density at radius 3 is 2.19 bits per heavy atom. The molecule has 0 aliphatic rings. The molecule has 4 aromatic rings. The number of esters is 1. The Bertz CT molecular complexity index is 1060. The molecule has 4 rings (SSSR count). The third-order valence-electron chi connectivity index (χ3n) is 4.26. The summed E-state index contributed by atoms with van der Waals surface area (Å²) in [6, 6.07) is 26.0. The predicted octanol–water partition coefficient (Wildman–Crippen LogP) is 5.14. The van der Waals surface area contributed by atoms with Crippen LogP contribution in [0.4, 0.5) is 0 Å². The number of hydrogen-bond donors (Lipinski definition) is 0. The average Bonchev–Trinajstić information content (AvgIpc) is 3.17. The summed E-state index contributed by atoms with van der Waals surface area (Å²) >= 11 is 0. The minimum Gasteiger partial charge on any atom is -0.454 e. The molecule has 0 N–H and O–H groups in total. The van der Waals surface area contributed by atoms with E-state index in [9.17, 15) is 9.59 Å². The minimum absolute atomic E-state index is 0.184. The largest absolute Gasteiger partial charge is 0.454 e. The third-order valence-corrected chi connectivity index (χ3v) is 4.26. The van der Waals surface area contributed by atoms with Crippen LogP contribution in [-0.2, 0) is 4.74 Å². The van der Waals surface area contributed by atoms with Gasteiger partial charge in [0.15, 0.2) is 12.4 Å². The molecule has 0 aliphatic heterocycles. The number of fused-ring (bicyclic) bond motifs is 1. The van der Waals surface area contributed by atoms with Gasteiger partial charge in [-0.1, -0.05) is 60.7 Å². The van der Waals surface area contributed by atoms with E-state index in [-0.39, 0.29) is 18.2 Å². The SMILES string of the molecule is O=C(OCC(=O)c1cc2ccccc2o1)c1ccc(-c2ccccc2)cc1. The van der Waals surface area contributed by atoms with Crippen molar-refractivity contribution in [1.29, 1.82) is 0 Å². The summed E-state index contributed by atoms with van der Waals surface area (Å²) in [5.41, 5.74) is 3.10. The van der Waals surface area contributed by atoms with Crippen LogP contribution in [0.1, 0.15) is 20.9 Å². The van der Waals surface area contributed by atoms with E-state index < -0.39 is 5.97 Å². The molecule has 132 valence electrons. The van der Waals surface area contributed by atoms with Gasteiger partial charge in [-0.15, -0.1) is 0 Å². The summed E-state index contributed by atoms with van der Waals surface area (Å²) in [6.45, 7) is -0.362. The fourth-order valence-corrected chi connectivity index (χ4v) is 2.83. The van der Waals surface area contributed by atoms with E-state index in [1.54, 1.807) is 24.3 Å². The van der Waals surface area contributed by atoms with Gasteiger partial charge in [0.2, 0.25) is 5.78 Å². The van der Waals surface area contributed by atoms with Crippen LogP contribution in [0.25, 0.3) is 22.1 Å². The van der Waals surface area contributed by atoms with Crippen molar-refractivity contribution in [2.45, 2.75) is 0 Å². The number of para-hydroxylation sites is 1. The molecule has 0 unspecified atom stereocenters. The van der Waals surface area contributed by atoms with E-state index in [1.165, 1.54) is 0 Å². The Hall–Kier alpha value is -3.66. The third kappa shape index (κ3) is 3.65. The van der Waals surface area contributed by atoms with Gasteiger partial charge in [0.1, 0.15) is 5.58 Å². The molecule has 0 amide bonds. The van der Waals surface area contributed by atoms with Crippen LogP contribution in [0.15, 0.2) is 89.3 Å². The lowest BCUT2D eigenvalue weighted by atomic mass is 10.0. The Kier molecular flexibility index (Phi) is 4.54. The molecule has 0 saturated carbocycles. The number of hydrogen-bond acceptors (Lipinski definition) is 4. The Labute approximate surface area is 156 Å². The van der Waals surface area contributed by atoms with E-state index in [2.05, 4.69) is 0 Å². The lowest BCUT2D eigenvalue weighted by Crippen LogP contribution is -2.13. The quantitative estimate of drug-likeness (QED) is 0.367. The molecule has 0 spiro atoms. The van der Waals surface area contributed by atoms with E-state index >= 15 is 0 Å². The van der Waals surface area contributed by atoms with Crippen LogP contribution in [0, 0.1) is 0 Å². The first kappa shape index (κ1) is 16.8. The van der Waals surface area contributed by atoms with Crippen molar-refractivity contribution in [3.8, 4) is 11.1 Å². The summed E-state index contributed by atoms with van der Waals surface area (Å²) in [5.74, 6) is -0.733. The monoisotopic (exact) mass is 356 g/mol. The predicted molar refractivity (Wildman–Crippen MR) is 103 cm³/mol. The molecular weight excluding hydrogens is 340 g/mol. The van der Waals surface area contributed by atoms with Crippen LogP contribution < -0.4 is 0 Å². The molecule has 4 heteroatoms. The van der Waals surface area contributed by atoms with E-state index in [0.29, 0.717) is 11.1 Å². The summed E-state index contributed by atoms with van der Waals surface area (Å²) < 4.78 is 10.6. The molecule has 27 heavy (non-hydrogen) atoms. The summed E-state index contributed by atoms with van der Waals surface area (Å²) in [5, 5.41) is 0.837. The van der Waals surface area contributed by atoms with Crippen molar-refractivity contribution < 1.29 is 18.7 Å².